The summed E-state index contributed by atoms with van der Waals surface area (Å²) in [4.78, 5) is 28.8. The summed E-state index contributed by atoms with van der Waals surface area (Å²) >= 11 is 5.84. The highest BCUT2D eigenvalue weighted by Gasteiger charge is 2.12. The van der Waals surface area contributed by atoms with Gasteiger partial charge in [-0.15, -0.1) is 0 Å². The molecule has 0 aliphatic carbocycles. The van der Waals surface area contributed by atoms with Crippen LogP contribution in [0.1, 0.15) is 31.8 Å². The van der Waals surface area contributed by atoms with Crippen LogP contribution in [0.15, 0.2) is 67.0 Å². The molecule has 7 heteroatoms. The second-order valence-corrected chi connectivity index (χ2v) is 6.35. The maximum Gasteiger partial charge on any atom is 0.257 e. The lowest BCUT2D eigenvalue weighted by Crippen LogP contribution is -2.23. The Balaban J connectivity index is 1.66. The van der Waals surface area contributed by atoms with Crippen LogP contribution in [0.25, 0.3) is 0 Å². The molecule has 1 aromatic heterocycles. The molecule has 0 atom stereocenters. The van der Waals surface area contributed by atoms with E-state index in [1.807, 2.05) is 18.2 Å². The van der Waals surface area contributed by atoms with Gasteiger partial charge in [-0.25, -0.2) is 0 Å². The fourth-order valence-electron chi connectivity index (χ4n) is 2.44. The molecule has 28 heavy (non-hydrogen) atoms. The van der Waals surface area contributed by atoms with Crippen LogP contribution in [0.5, 0.6) is 0 Å². The van der Waals surface area contributed by atoms with Gasteiger partial charge in [0.25, 0.3) is 11.8 Å². The van der Waals surface area contributed by atoms with E-state index in [0.29, 0.717) is 22.8 Å². The van der Waals surface area contributed by atoms with E-state index in [0.717, 1.165) is 5.56 Å². The molecule has 2 amide bonds. The van der Waals surface area contributed by atoms with Crippen LogP contribution in [0, 0.1) is 11.3 Å². The van der Waals surface area contributed by atoms with Crippen molar-refractivity contribution in [2.24, 2.45) is 0 Å². The van der Waals surface area contributed by atoms with Gasteiger partial charge in [0.05, 0.1) is 22.8 Å². The van der Waals surface area contributed by atoms with Crippen molar-refractivity contribution in [1.82, 2.24) is 10.3 Å². The number of nitriles is 1. The van der Waals surface area contributed by atoms with E-state index in [1.165, 1.54) is 18.5 Å². The van der Waals surface area contributed by atoms with E-state index < -0.39 is 5.91 Å². The summed E-state index contributed by atoms with van der Waals surface area (Å²) in [5, 5.41) is 15.0. The number of nitrogens with one attached hydrogen (secondary N) is 2. The van der Waals surface area contributed by atoms with Crippen LogP contribution < -0.4 is 10.6 Å². The minimum atomic E-state index is -0.421. The maximum atomic E-state index is 12.4. The SMILES string of the molecule is N#Cc1cccc(NC(=O)c2cncc(C(=O)NCc3ccc(Cl)cc3)c2)c1. The van der Waals surface area contributed by atoms with E-state index in [4.69, 9.17) is 16.9 Å². The largest absolute Gasteiger partial charge is 0.348 e. The van der Waals surface area contributed by atoms with Gasteiger partial charge in [-0.1, -0.05) is 29.8 Å². The Hall–Kier alpha value is -3.69. The van der Waals surface area contributed by atoms with E-state index in [1.54, 1.807) is 36.4 Å². The first-order chi connectivity index (χ1) is 13.5. The number of halogens is 1. The van der Waals surface area contributed by atoms with Gasteiger partial charge in [0.2, 0.25) is 0 Å². The number of rotatable bonds is 5. The van der Waals surface area contributed by atoms with Gasteiger partial charge in [-0.2, -0.15) is 5.26 Å². The van der Waals surface area contributed by atoms with Crippen LogP contribution in [0.4, 0.5) is 5.69 Å². The van der Waals surface area contributed by atoms with Crippen molar-refractivity contribution < 1.29 is 9.59 Å². The fourth-order valence-corrected chi connectivity index (χ4v) is 2.57. The Kier molecular flexibility index (Phi) is 6.00. The molecule has 3 aromatic rings. The second kappa shape index (κ2) is 8.80. The average molecular weight is 391 g/mol. The van der Waals surface area contributed by atoms with Gasteiger partial charge < -0.3 is 10.6 Å². The molecule has 0 bridgehead atoms. The van der Waals surface area contributed by atoms with Gasteiger partial charge in [-0.05, 0) is 42.0 Å². The van der Waals surface area contributed by atoms with E-state index in [9.17, 15) is 9.59 Å². The molecule has 6 nitrogen and oxygen atoms in total. The third-order valence-electron chi connectivity index (χ3n) is 3.88. The Bertz CT molecular complexity index is 1060. The molecular weight excluding hydrogens is 376 g/mol. The van der Waals surface area contributed by atoms with Crippen molar-refractivity contribution in [3.63, 3.8) is 0 Å². The summed E-state index contributed by atoms with van der Waals surface area (Å²) in [5.41, 5.74) is 2.33. The van der Waals surface area contributed by atoms with Gasteiger partial charge in [-0.3, -0.25) is 14.6 Å². The summed E-state index contributed by atoms with van der Waals surface area (Å²) in [7, 11) is 0. The average Bonchev–Trinajstić information content (AvgIpc) is 2.73. The molecule has 0 spiro atoms. The molecule has 0 unspecified atom stereocenters. The van der Waals surface area contributed by atoms with Gasteiger partial charge in [0.1, 0.15) is 0 Å². The molecule has 0 fully saturated rings. The van der Waals surface area contributed by atoms with E-state index >= 15 is 0 Å². The quantitative estimate of drug-likeness (QED) is 0.692. The topological polar surface area (TPSA) is 94.9 Å². The lowest BCUT2D eigenvalue weighted by Gasteiger charge is -2.08. The first-order valence-electron chi connectivity index (χ1n) is 8.34. The lowest BCUT2D eigenvalue weighted by atomic mass is 10.1. The van der Waals surface area contributed by atoms with Crippen LogP contribution in [-0.2, 0) is 6.54 Å². The van der Waals surface area contributed by atoms with Crippen LogP contribution in [0.3, 0.4) is 0 Å². The Labute approximate surface area is 166 Å². The normalized spacial score (nSPS) is 10.0. The molecule has 1 heterocycles. The number of carbonyl (C=O) groups is 2. The van der Waals surface area contributed by atoms with Crippen molar-refractivity contribution in [2.45, 2.75) is 6.54 Å². The van der Waals surface area contributed by atoms with Crippen LogP contribution in [0.2, 0.25) is 5.02 Å². The van der Waals surface area contributed by atoms with Gasteiger partial charge >= 0.3 is 0 Å². The number of hydrogen-bond donors (Lipinski definition) is 2. The summed E-state index contributed by atoms with van der Waals surface area (Å²) in [6.07, 6.45) is 2.77. The summed E-state index contributed by atoms with van der Waals surface area (Å²) in [6, 6.07) is 17.2. The molecular formula is C21H15ClN4O2. The zero-order chi connectivity index (χ0) is 19.9. The molecule has 0 aliphatic rings. The first-order valence-corrected chi connectivity index (χ1v) is 8.72. The number of hydrogen-bond acceptors (Lipinski definition) is 4. The number of carbonyl (C=O) groups excluding carboxylic acids is 2. The molecule has 0 radical (unpaired) electrons. The third-order valence-corrected chi connectivity index (χ3v) is 4.13. The maximum absolute atomic E-state index is 12.4. The second-order valence-electron chi connectivity index (χ2n) is 5.92. The minimum absolute atomic E-state index is 0.238. The highest BCUT2D eigenvalue weighted by atomic mass is 35.5. The van der Waals surface area contributed by atoms with Crippen molar-refractivity contribution in [2.75, 3.05) is 5.32 Å². The highest BCUT2D eigenvalue weighted by Crippen LogP contribution is 2.13. The molecule has 0 saturated heterocycles. The predicted octanol–water partition coefficient (Wildman–Crippen LogP) is 3.79. The van der Waals surface area contributed by atoms with Crippen molar-refractivity contribution >= 4 is 29.1 Å². The fraction of sp³-hybridized carbons (Fsp3) is 0.0476. The number of pyridine rings is 1. The minimum Gasteiger partial charge on any atom is -0.348 e. The molecule has 0 aliphatic heterocycles. The van der Waals surface area contributed by atoms with Crippen molar-refractivity contribution in [1.29, 1.82) is 5.26 Å². The number of aromatic nitrogens is 1. The zero-order valence-electron chi connectivity index (χ0n) is 14.6. The standard InChI is InChI=1S/C21H15ClN4O2/c22-18-6-4-14(5-7-18)11-25-20(27)16-9-17(13-24-12-16)21(28)26-19-3-1-2-15(8-19)10-23/h1-9,12-13H,11H2,(H,25,27)(H,26,28). The van der Waals surface area contributed by atoms with Gasteiger partial charge in [0, 0.05) is 29.6 Å². The number of nitrogens with zero attached hydrogens (tertiary/aromatic N) is 2. The van der Waals surface area contributed by atoms with Gasteiger partial charge in [0.15, 0.2) is 0 Å². The lowest BCUT2D eigenvalue weighted by molar-refractivity contribution is 0.0950. The smallest absolute Gasteiger partial charge is 0.257 e. The zero-order valence-corrected chi connectivity index (χ0v) is 15.4. The summed E-state index contributed by atoms with van der Waals surface area (Å²) in [6.45, 7) is 0.327. The van der Waals surface area contributed by atoms with Crippen LogP contribution >= 0.6 is 11.6 Å². The van der Waals surface area contributed by atoms with Crippen molar-refractivity contribution in [3.8, 4) is 6.07 Å². The third kappa shape index (κ3) is 4.93. The highest BCUT2D eigenvalue weighted by molar-refractivity contribution is 6.30. The van der Waals surface area contributed by atoms with Crippen molar-refractivity contribution in [3.05, 3.63) is 94.3 Å². The Morgan fingerprint density at radius 1 is 1.00 bits per heavy atom. The number of amides is 2. The Morgan fingerprint density at radius 3 is 2.43 bits per heavy atom. The Morgan fingerprint density at radius 2 is 1.71 bits per heavy atom. The monoisotopic (exact) mass is 390 g/mol. The molecule has 2 N–H and O–H groups in total. The summed E-state index contributed by atoms with van der Waals surface area (Å²) < 4.78 is 0. The first kappa shape index (κ1) is 19.1. The van der Waals surface area contributed by atoms with Crippen LogP contribution in [-0.4, -0.2) is 16.8 Å². The predicted molar refractivity (Wildman–Crippen MR) is 106 cm³/mol. The molecule has 0 saturated carbocycles. The van der Waals surface area contributed by atoms with E-state index in [-0.39, 0.29) is 17.0 Å². The molecule has 3 rings (SSSR count). The molecule has 2 aromatic carbocycles. The number of benzene rings is 2. The number of anilines is 1. The van der Waals surface area contributed by atoms with E-state index in [2.05, 4.69) is 15.6 Å². The molecule has 138 valence electrons. The summed E-state index contributed by atoms with van der Waals surface area (Å²) in [5.74, 6) is -0.765.